The molecule has 0 atom stereocenters. The molecule has 4 nitrogen and oxygen atoms in total. The summed E-state index contributed by atoms with van der Waals surface area (Å²) in [6.45, 7) is 0. The Kier molecular flexibility index (Phi) is 4.37. The molecule has 28 heavy (non-hydrogen) atoms. The third kappa shape index (κ3) is 3.18. The highest BCUT2D eigenvalue weighted by Gasteiger charge is 2.17. The first-order chi connectivity index (χ1) is 13.7. The first-order valence-corrected chi connectivity index (χ1v) is 10.5. The lowest BCUT2D eigenvalue weighted by molar-refractivity contribution is 0.0999. The van der Waals surface area contributed by atoms with Crippen LogP contribution in [0, 0.1) is 3.57 Å². The molecule has 2 aromatic heterocycles. The van der Waals surface area contributed by atoms with Crippen LogP contribution in [0.5, 0.6) is 0 Å². The standard InChI is InChI=1S/C22H13IN2O2S/c23-14-9-10-16(15(12-14)22-25-17-6-2-4-8-20(17)28-22)24-21(26)19-11-13-5-1-3-7-18(13)27-19/h1-12H,(H,24,26). The van der Waals surface area contributed by atoms with Gasteiger partial charge in [-0.15, -0.1) is 11.3 Å². The molecule has 5 aromatic rings. The number of halogens is 1. The van der Waals surface area contributed by atoms with Gasteiger partial charge in [0.2, 0.25) is 0 Å². The second kappa shape index (κ2) is 7.03. The first kappa shape index (κ1) is 17.4. The summed E-state index contributed by atoms with van der Waals surface area (Å²) < 4.78 is 7.89. The van der Waals surface area contributed by atoms with E-state index in [2.05, 4.69) is 34.0 Å². The Bertz CT molecular complexity index is 1270. The molecule has 0 saturated carbocycles. The van der Waals surface area contributed by atoms with Crippen molar-refractivity contribution in [3.63, 3.8) is 0 Å². The summed E-state index contributed by atoms with van der Waals surface area (Å²) in [5, 5.41) is 4.77. The van der Waals surface area contributed by atoms with Crippen LogP contribution in [0.1, 0.15) is 10.6 Å². The number of anilines is 1. The van der Waals surface area contributed by atoms with Crippen LogP contribution in [0.25, 0.3) is 31.8 Å². The van der Waals surface area contributed by atoms with Gasteiger partial charge in [-0.05, 0) is 65.1 Å². The largest absolute Gasteiger partial charge is 0.451 e. The molecule has 2 heterocycles. The monoisotopic (exact) mass is 496 g/mol. The van der Waals surface area contributed by atoms with Crippen molar-refractivity contribution in [2.45, 2.75) is 0 Å². The first-order valence-electron chi connectivity index (χ1n) is 8.63. The lowest BCUT2D eigenvalue weighted by Crippen LogP contribution is -2.11. The van der Waals surface area contributed by atoms with Crippen LogP contribution in [-0.2, 0) is 0 Å². The molecule has 0 spiro atoms. The van der Waals surface area contributed by atoms with Crippen molar-refractivity contribution in [1.82, 2.24) is 4.98 Å². The van der Waals surface area contributed by atoms with Gasteiger partial charge >= 0.3 is 0 Å². The quantitative estimate of drug-likeness (QED) is 0.288. The maximum atomic E-state index is 12.8. The highest BCUT2D eigenvalue weighted by Crippen LogP contribution is 2.35. The molecule has 0 unspecified atom stereocenters. The minimum atomic E-state index is -0.278. The number of thiazole rings is 1. The molecule has 5 rings (SSSR count). The zero-order valence-electron chi connectivity index (χ0n) is 14.5. The number of benzene rings is 3. The minimum absolute atomic E-state index is 0.278. The fourth-order valence-corrected chi connectivity index (χ4v) is 4.55. The molecule has 3 aromatic carbocycles. The van der Waals surface area contributed by atoms with E-state index in [1.807, 2.05) is 60.7 Å². The summed E-state index contributed by atoms with van der Waals surface area (Å²) in [6.07, 6.45) is 0. The van der Waals surface area contributed by atoms with Crippen molar-refractivity contribution in [2.24, 2.45) is 0 Å². The lowest BCUT2D eigenvalue weighted by Gasteiger charge is -2.09. The Hall–Kier alpha value is -2.71. The summed E-state index contributed by atoms with van der Waals surface area (Å²) >= 11 is 3.88. The average Bonchev–Trinajstić information content (AvgIpc) is 3.33. The third-order valence-electron chi connectivity index (χ3n) is 4.40. The van der Waals surface area contributed by atoms with E-state index in [0.717, 1.165) is 29.7 Å². The second-order valence-electron chi connectivity index (χ2n) is 6.28. The molecule has 0 aliphatic carbocycles. The maximum absolute atomic E-state index is 12.8. The SMILES string of the molecule is O=C(Nc1ccc(I)cc1-c1nc2ccccc2s1)c1cc2ccccc2o1. The van der Waals surface area contributed by atoms with Crippen LogP contribution in [0.3, 0.4) is 0 Å². The van der Waals surface area contributed by atoms with E-state index >= 15 is 0 Å². The maximum Gasteiger partial charge on any atom is 0.291 e. The van der Waals surface area contributed by atoms with Crippen LogP contribution in [0.2, 0.25) is 0 Å². The van der Waals surface area contributed by atoms with Gasteiger partial charge in [-0.1, -0.05) is 30.3 Å². The van der Waals surface area contributed by atoms with Crippen molar-refractivity contribution in [1.29, 1.82) is 0 Å². The van der Waals surface area contributed by atoms with Crippen LogP contribution in [-0.4, -0.2) is 10.9 Å². The number of nitrogens with one attached hydrogen (secondary N) is 1. The molecule has 0 bridgehead atoms. The molecular formula is C22H13IN2O2S. The van der Waals surface area contributed by atoms with E-state index in [0.29, 0.717) is 11.3 Å². The number of carbonyl (C=O) groups is 1. The van der Waals surface area contributed by atoms with Crippen molar-refractivity contribution in [2.75, 3.05) is 5.32 Å². The summed E-state index contributed by atoms with van der Waals surface area (Å²) in [5.74, 6) is 0.00905. The van der Waals surface area contributed by atoms with E-state index in [4.69, 9.17) is 9.40 Å². The molecule has 0 aliphatic heterocycles. The molecule has 0 aliphatic rings. The van der Waals surface area contributed by atoms with Crippen LogP contribution in [0.4, 0.5) is 5.69 Å². The Morgan fingerprint density at radius 2 is 1.82 bits per heavy atom. The molecule has 0 fully saturated rings. The number of amides is 1. The number of para-hydroxylation sites is 2. The average molecular weight is 496 g/mol. The summed E-state index contributed by atoms with van der Waals surface area (Å²) in [7, 11) is 0. The van der Waals surface area contributed by atoms with Gasteiger partial charge in [-0.25, -0.2) is 4.98 Å². The molecule has 0 saturated heterocycles. The number of hydrogen-bond donors (Lipinski definition) is 1. The Balaban J connectivity index is 1.53. The van der Waals surface area contributed by atoms with Gasteiger partial charge in [0, 0.05) is 14.5 Å². The summed E-state index contributed by atoms with van der Waals surface area (Å²) in [6, 6.07) is 23.3. The van der Waals surface area contributed by atoms with E-state index in [1.54, 1.807) is 17.4 Å². The van der Waals surface area contributed by atoms with Gasteiger partial charge in [0.05, 0.1) is 15.9 Å². The van der Waals surface area contributed by atoms with Gasteiger partial charge in [0.15, 0.2) is 5.76 Å². The smallest absolute Gasteiger partial charge is 0.291 e. The topological polar surface area (TPSA) is 55.1 Å². The number of fused-ring (bicyclic) bond motifs is 2. The fraction of sp³-hybridized carbons (Fsp3) is 0. The second-order valence-corrected chi connectivity index (χ2v) is 8.56. The number of nitrogens with zero attached hydrogens (tertiary/aromatic N) is 1. The highest BCUT2D eigenvalue weighted by atomic mass is 127. The molecule has 1 N–H and O–H groups in total. The number of carbonyl (C=O) groups excluding carboxylic acids is 1. The zero-order chi connectivity index (χ0) is 19.1. The number of rotatable bonds is 3. The molecule has 6 heteroatoms. The van der Waals surface area contributed by atoms with Gasteiger partial charge in [0.25, 0.3) is 5.91 Å². The number of hydrogen-bond acceptors (Lipinski definition) is 4. The lowest BCUT2D eigenvalue weighted by atomic mass is 10.2. The van der Waals surface area contributed by atoms with E-state index < -0.39 is 0 Å². The van der Waals surface area contributed by atoms with Crippen LogP contribution in [0.15, 0.2) is 77.2 Å². The van der Waals surface area contributed by atoms with E-state index in [1.165, 1.54) is 0 Å². The third-order valence-corrected chi connectivity index (χ3v) is 6.14. The van der Waals surface area contributed by atoms with Gasteiger partial charge < -0.3 is 9.73 Å². The molecule has 1 amide bonds. The van der Waals surface area contributed by atoms with Crippen molar-refractivity contribution < 1.29 is 9.21 Å². The fourth-order valence-electron chi connectivity index (χ4n) is 3.07. The van der Waals surface area contributed by atoms with Crippen LogP contribution < -0.4 is 5.32 Å². The normalized spacial score (nSPS) is 11.2. The van der Waals surface area contributed by atoms with Crippen molar-refractivity contribution >= 4 is 66.7 Å². The van der Waals surface area contributed by atoms with E-state index in [-0.39, 0.29) is 11.7 Å². The van der Waals surface area contributed by atoms with Gasteiger partial charge in [-0.2, -0.15) is 0 Å². The molecule has 0 radical (unpaired) electrons. The summed E-state index contributed by atoms with van der Waals surface area (Å²) in [4.78, 5) is 17.5. The minimum Gasteiger partial charge on any atom is -0.451 e. The van der Waals surface area contributed by atoms with Crippen molar-refractivity contribution in [3.05, 3.63) is 82.1 Å². The molecule has 136 valence electrons. The number of aromatic nitrogens is 1. The van der Waals surface area contributed by atoms with Gasteiger partial charge in [0.1, 0.15) is 10.6 Å². The molecular weight excluding hydrogens is 483 g/mol. The predicted octanol–water partition coefficient (Wildman–Crippen LogP) is 6.57. The Morgan fingerprint density at radius 3 is 2.68 bits per heavy atom. The van der Waals surface area contributed by atoms with Crippen LogP contribution >= 0.6 is 33.9 Å². The van der Waals surface area contributed by atoms with Gasteiger partial charge in [-0.3, -0.25) is 4.79 Å². The highest BCUT2D eigenvalue weighted by molar-refractivity contribution is 14.1. The zero-order valence-corrected chi connectivity index (χ0v) is 17.5. The van der Waals surface area contributed by atoms with E-state index in [9.17, 15) is 4.79 Å². The number of furan rings is 1. The summed E-state index contributed by atoms with van der Waals surface area (Å²) in [5.41, 5.74) is 3.26. The predicted molar refractivity (Wildman–Crippen MR) is 122 cm³/mol. The van der Waals surface area contributed by atoms with Crippen molar-refractivity contribution in [3.8, 4) is 10.6 Å². The Labute approximate surface area is 178 Å². The Morgan fingerprint density at radius 1 is 1.00 bits per heavy atom.